The molecule has 2 aromatic rings. The highest BCUT2D eigenvalue weighted by Gasteiger charge is 2.21. The average molecular weight is 310 g/mol. The summed E-state index contributed by atoms with van der Waals surface area (Å²) in [6, 6.07) is 12.5. The maximum Gasteiger partial charge on any atom is 0.0384 e. The van der Waals surface area contributed by atoms with Gasteiger partial charge in [-0.1, -0.05) is 34.1 Å². The van der Waals surface area contributed by atoms with Gasteiger partial charge in [0.05, 0.1) is 0 Å². The second-order valence-corrected chi connectivity index (χ2v) is 6.46. The lowest BCUT2D eigenvalue weighted by molar-refractivity contribution is 0.454. The molecular formula is C14H16BrNS. The van der Waals surface area contributed by atoms with E-state index in [9.17, 15) is 0 Å². The second kappa shape index (κ2) is 5.34. The zero-order valence-electron chi connectivity index (χ0n) is 9.82. The normalized spacial score (nSPS) is 14.5. The van der Waals surface area contributed by atoms with Crippen LogP contribution in [0.25, 0.3) is 0 Å². The summed E-state index contributed by atoms with van der Waals surface area (Å²) in [5.41, 5.74) is 7.32. The molecule has 0 radical (unpaired) electrons. The predicted molar refractivity (Wildman–Crippen MR) is 78.3 cm³/mol. The number of aryl methyl sites for hydroxylation is 1. The van der Waals surface area contributed by atoms with Crippen molar-refractivity contribution in [3.05, 3.63) is 56.7 Å². The molecule has 1 atom stereocenters. The maximum absolute atomic E-state index is 6.41. The Bertz CT molecular complexity index is 477. The highest BCUT2D eigenvalue weighted by atomic mass is 79.9. The second-order valence-electron chi connectivity index (χ2n) is 4.51. The molecule has 1 heterocycles. The van der Waals surface area contributed by atoms with E-state index in [0.717, 1.165) is 17.3 Å². The highest BCUT2D eigenvalue weighted by molar-refractivity contribution is 9.10. The summed E-state index contributed by atoms with van der Waals surface area (Å²) < 4.78 is 1.09. The first-order chi connectivity index (χ1) is 8.08. The SMILES string of the molecule is CC(N)(CCc1cccs1)c1cccc(Br)c1. The minimum absolute atomic E-state index is 0.270. The van der Waals surface area contributed by atoms with Gasteiger partial charge in [0.15, 0.2) is 0 Å². The summed E-state index contributed by atoms with van der Waals surface area (Å²) in [5, 5.41) is 2.11. The van der Waals surface area contributed by atoms with Crippen molar-refractivity contribution in [2.24, 2.45) is 5.73 Å². The van der Waals surface area contributed by atoms with Crippen molar-refractivity contribution in [3.63, 3.8) is 0 Å². The number of halogens is 1. The number of hydrogen-bond donors (Lipinski definition) is 1. The molecule has 0 bridgehead atoms. The molecule has 2 rings (SSSR count). The standard InChI is InChI=1S/C14H16BrNS/c1-14(16,8-7-13-6-3-9-17-13)11-4-2-5-12(15)10-11/h2-6,9-10H,7-8,16H2,1H3. The lowest BCUT2D eigenvalue weighted by atomic mass is 9.88. The van der Waals surface area contributed by atoms with E-state index in [2.05, 4.69) is 52.5 Å². The lowest BCUT2D eigenvalue weighted by Crippen LogP contribution is -2.33. The van der Waals surface area contributed by atoms with Gasteiger partial charge in [-0.05, 0) is 48.9 Å². The molecular weight excluding hydrogens is 294 g/mol. The Morgan fingerprint density at radius 1 is 1.29 bits per heavy atom. The number of thiophene rings is 1. The van der Waals surface area contributed by atoms with E-state index in [-0.39, 0.29) is 5.54 Å². The summed E-state index contributed by atoms with van der Waals surface area (Å²) in [5.74, 6) is 0. The Labute approximate surface area is 115 Å². The Kier molecular flexibility index (Phi) is 4.02. The van der Waals surface area contributed by atoms with Gasteiger partial charge < -0.3 is 5.73 Å². The minimum atomic E-state index is -0.270. The number of hydrogen-bond acceptors (Lipinski definition) is 2. The molecule has 0 aliphatic heterocycles. The van der Waals surface area contributed by atoms with E-state index in [1.807, 2.05) is 12.1 Å². The smallest absolute Gasteiger partial charge is 0.0384 e. The fraction of sp³-hybridized carbons (Fsp3) is 0.286. The topological polar surface area (TPSA) is 26.0 Å². The van der Waals surface area contributed by atoms with Gasteiger partial charge in [0.1, 0.15) is 0 Å². The molecule has 0 saturated carbocycles. The quantitative estimate of drug-likeness (QED) is 0.894. The Hall–Kier alpha value is -0.640. The molecule has 1 unspecified atom stereocenters. The molecule has 0 aliphatic carbocycles. The van der Waals surface area contributed by atoms with E-state index in [0.29, 0.717) is 0 Å². The first-order valence-corrected chi connectivity index (χ1v) is 7.32. The summed E-state index contributed by atoms with van der Waals surface area (Å²) >= 11 is 5.29. The van der Waals surface area contributed by atoms with Gasteiger partial charge in [-0.15, -0.1) is 11.3 Å². The first kappa shape index (κ1) is 12.8. The van der Waals surface area contributed by atoms with Crippen LogP contribution >= 0.6 is 27.3 Å². The zero-order chi connectivity index (χ0) is 12.3. The van der Waals surface area contributed by atoms with E-state index >= 15 is 0 Å². The van der Waals surface area contributed by atoms with E-state index in [4.69, 9.17) is 5.73 Å². The summed E-state index contributed by atoms with van der Waals surface area (Å²) in [7, 11) is 0. The molecule has 2 N–H and O–H groups in total. The third-order valence-electron chi connectivity index (χ3n) is 2.95. The predicted octanol–water partition coefficient (Wildman–Crippen LogP) is 4.32. The van der Waals surface area contributed by atoms with Crippen LogP contribution in [0.4, 0.5) is 0 Å². The molecule has 0 amide bonds. The molecule has 1 nitrogen and oxygen atoms in total. The summed E-state index contributed by atoms with van der Waals surface area (Å²) in [6.07, 6.45) is 2.00. The van der Waals surface area contributed by atoms with Crippen LogP contribution in [0.5, 0.6) is 0 Å². The van der Waals surface area contributed by atoms with Crippen molar-refractivity contribution in [2.75, 3.05) is 0 Å². The van der Waals surface area contributed by atoms with Gasteiger partial charge in [0.25, 0.3) is 0 Å². The van der Waals surface area contributed by atoms with E-state index < -0.39 is 0 Å². The van der Waals surface area contributed by atoms with Gasteiger partial charge in [-0.3, -0.25) is 0 Å². The van der Waals surface area contributed by atoms with Gasteiger partial charge in [-0.25, -0.2) is 0 Å². The van der Waals surface area contributed by atoms with E-state index in [1.54, 1.807) is 11.3 Å². The highest BCUT2D eigenvalue weighted by Crippen LogP contribution is 2.26. The van der Waals surface area contributed by atoms with Gasteiger partial charge in [-0.2, -0.15) is 0 Å². The van der Waals surface area contributed by atoms with Gasteiger partial charge >= 0.3 is 0 Å². The molecule has 90 valence electrons. The van der Waals surface area contributed by atoms with Crippen LogP contribution in [-0.4, -0.2) is 0 Å². The molecule has 17 heavy (non-hydrogen) atoms. The van der Waals surface area contributed by atoms with Crippen LogP contribution in [0.1, 0.15) is 23.8 Å². The van der Waals surface area contributed by atoms with Crippen LogP contribution < -0.4 is 5.73 Å². The Morgan fingerprint density at radius 2 is 2.12 bits per heavy atom. The van der Waals surface area contributed by atoms with Crippen LogP contribution in [0.2, 0.25) is 0 Å². The number of benzene rings is 1. The fourth-order valence-corrected chi connectivity index (χ4v) is 2.93. The molecule has 1 aromatic carbocycles. The summed E-state index contributed by atoms with van der Waals surface area (Å²) in [6.45, 7) is 2.10. The number of nitrogens with two attached hydrogens (primary N) is 1. The van der Waals surface area contributed by atoms with E-state index in [1.165, 1.54) is 10.4 Å². The van der Waals surface area contributed by atoms with Gasteiger partial charge in [0, 0.05) is 14.9 Å². The Morgan fingerprint density at radius 3 is 2.76 bits per heavy atom. The van der Waals surface area contributed by atoms with Crippen LogP contribution in [-0.2, 0) is 12.0 Å². The molecule has 3 heteroatoms. The minimum Gasteiger partial charge on any atom is -0.322 e. The van der Waals surface area contributed by atoms with Crippen molar-refractivity contribution < 1.29 is 0 Å². The Balaban J connectivity index is 2.08. The average Bonchev–Trinajstić information content (AvgIpc) is 2.79. The molecule has 0 aliphatic rings. The van der Waals surface area contributed by atoms with Crippen molar-refractivity contribution in [1.29, 1.82) is 0 Å². The van der Waals surface area contributed by atoms with Crippen molar-refractivity contribution in [2.45, 2.75) is 25.3 Å². The third kappa shape index (κ3) is 3.41. The van der Waals surface area contributed by atoms with Crippen molar-refractivity contribution >= 4 is 27.3 Å². The maximum atomic E-state index is 6.41. The summed E-state index contributed by atoms with van der Waals surface area (Å²) in [4.78, 5) is 1.40. The molecule has 1 aromatic heterocycles. The van der Waals surface area contributed by atoms with Crippen LogP contribution in [0.15, 0.2) is 46.3 Å². The lowest BCUT2D eigenvalue weighted by Gasteiger charge is -2.25. The van der Waals surface area contributed by atoms with Crippen molar-refractivity contribution in [1.82, 2.24) is 0 Å². The van der Waals surface area contributed by atoms with Crippen molar-refractivity contribution in [3.8, 4) is 0 Å². The zero-order valence-corrected chi connectivity index (χ0v) is 12.2. The van der Waals surface area contributed by atoms with Crippen LogP contribution in [0.3, 0.4) is 0 Å². The monoisotopic (exact) mass is 309 g/mol. The molecule has 0 saturated heterocycles. The van der Waals surface area contributed by atoms with Gasteiger partial charge in [0.2, 0.25) is 0 Å². The molecule has 0 fully saturated rings. The third-order valence-corrected chi connectivity index (χ3v) is 4.38. The largest absolute Gasteiger partial charge is 0.322 e. The first-order valence-electron chi connectivity index (χ1n) is 5.65. The molecule has 0 spiro atoms. The van der Waals surface area contributed by atoms with Crippen LogP contribution in [0, 0.1) is 0 Å². The fourth-order valence-electron chi connectivity index (χ4n) is 1.83. The number of rotatable bonds is 4.